The Morgan fingerprint density at radius 1 is 1.60 bits per heavy atom. The summed E-state index contributed by atoms with van der Waals surface area (Å²) in [4.78, 5) is 14.9. The van der Waals surface area contributed by atoms with E-state index in [1.165, 1.54) is 13.4 Å². The number of methoxy groups -OCH3 is 1. The summed E-state index contributed by atoms with van der Waals surface area (Å²) in [5.41, 5.74) is 0. The smallest absolute Gasteiger partial charge is 0.373 e. The van der Waals surface area contributed by atoms with Gasteiger partial charge in [0.25, 0.3) is 0 Å². The zero-order chi connectivity index (χ0) is 10.7. The Bertz CT molecular complexity index is 447. The van der Waals surface area contributed by atoms with Crippen LogP contribution in [0.25, 0.3) is 0 Å². The minimum absolute atomic E-state index is 0.188. The van der Waals surface area contributed by atoms with Gasteiger partial charge in [-0.25, -0.2) is 14.5 Å². The Morgan fingerprint density at radius 2 is 2.47 bits per heavy atom. The number of hydrogen-bond acceptors (Lipinski definition) is 5. The van der Waals surface area contributed by atoms with Gasteiger partial charge in [0.15, 0.2) is 0 Å². The molecule has 0 amide bonds. The van der Waals surface area contributed by atoms with Gasteiger partial charge < -0.3 is 9.15 Å². The molecule has 0 aliphatic heterocycles. The lowest BCUT2D eigenvalue weighted by Gasteiger charge is -1.96. The maximum atomic E-state index is 11.1. The number of furan rings is 1. The molecule has 0 aromatic carbocycles. The zero-order valence-corrected chi connectivity index (χ0v) is 8.08. The highest BCUT2D eigenvalue weighted by atomic mass is 16.5. The average Bonchev–Trinajstić information content (AvgIpc) is 2.88. The molecule has 0 saturated heterocycles. The molecule has 0 N–H and O–H groups in total. The van der Waals surface area contributed by atoms with E-state index in [0.717, 1.165) is 0 Å². The maximum Gasteiger partial charge on any atom is 0.373 e. The number of ether oxygens (including phenoxy) is 1. The van der Waals surface area contributed by atoms with Crippen LogP contribution in [-0.2, 0) is 11.3 Å². The number of nitrogens with zero attached hydrogens (tertiary/aromatic N) is 3. The first-order valence-electron chi connectivity index (χ1n) is 4.29. The number of carbonyl (C=O) groups excluding carboxylic acids is 1. The topological polar surface area (TPSA) is 70.2 Å². The predicted molar refractivity (Wildman–Crippen MR) is 49.2 cm³/mol. The third-order valence-electron chi connectivity index (χ3n) is 1.83. The first-order valence-corrected chi connectivity index (χ1v) is 4.29. The van der Waals surface area contributed by atoms with E-state index in [1.54, 1.807) is 23.1 Å². The third kappa shape index (κ3) is 2.04. The summed E-state index contributed by atoms with van der Waals surface area (Å²) in [7, 11) is 1.31. The standard InChI is InChI=1S/C9H9N3O3/c1-14-9(13)8-3-2-7(15-8)4-12-6-10-5-11-12/h2-3,5-6H,4H2,1H3. The Balaban J connectivity index is 2.11. The van der Waals surface area contributed by atoms with Crippen LogP contribution < -0.4 is 0 Å². The van der Waals surface area contributed by atoms with Crippen LogP contribution in [0, 0.1) is 0 Å². The maximum absolute atomic E-state index is 11.1. The molecule has 0 saturated carbocycles. The Hall–Kier alpha value is -2.11. The van der Waals surface area contributed by atoms with Crippen molar-refractivity contribution >= 4 is 5.97 Å². The monoisotopic (exact) mass is 207 g/mol. The lowest BCUT2D eigenvalue weighted by atomic mass is 10.4. The quantitative estimate of drug-likeness (QED) is 0.693. The van der Waals surface area contributed by atoms with Gasteiger partial charge in [-0.3, -0.25) is 0 Å². The van der Waals surface area contributed by atoms with Crippen LogP contribution in [-0.4, -0.2) is 27.8 Å². The van der Waals surface area contributed by atoms with E-state index < -0.39 is 5.97 Å². The van der Waals surface area contributed by atoms with Gasteiger partial charge in [-0.15, -0.1) is 0 Å². The second-order valence-corrected chi connectivity index (χ2v) is 2.85. The molecule has 15 heavy (non-hydrogen) atoms. The summed E-state index contributed by atoms with van der Waals surface area (Å²) < 4.78 is 11.4. The van der Waals surface area contributed by atoms with Gasteiger partial charge >= 0.3 is 5.97 Å². The molecule has 6 nitrogen and oxygen atoms in total. The van der Waals surface area contributed by atoms with Gasteiger partial charge in [-0.2, -0.15) is 5.10 Å². The summed E-state index contributed by atoms with van der Waals surface area (Å²) in [5.74, 6) is 0.327. The summed E-state index contributed by atoms with van der Waals surface area (Å²) in [6.07, 6.45) is 3.00. The fraction of sp³-hybridized carbons (Fsp3) is 0.222. The Labute approximate surface area is 85.5 Å². The fourth-order valence-corrected chi connectivity index (χ4v) is 1.15. The number of rotatable bonds is 3. The zero-order valence-electron chi connectivity index (χ0n) is 8.08. The summed E-state index contributed by atoms with van der Waals surface area (Å²) in [6, 6.07) is 3.27. The Kier molecular flexibility index (Phi) is 2.49. The van der Waals surface area contributed by atoms with Crippen molar-refractivity contribution in [3.8, 4) is 0 Å². The second-order valence-electron chi connectivity index (χ2n) is 2.85. The van der Waals surface area contributed by atoms with E-state index in [1.807, 2.05) is 0 Å². The molecule has 0 aliphatic carbocycles. The average molecular weight is 207 g/mol. The molecular formula is C9H9N3O3. The van der Waals surface area contributed by atoms with Crippen molar-refractivity contribution in [2.24, 2.45) is 0 Å². The Morgan fingerprint density at radius 3 is 3.13 bits per heavy atom. The van der Waals surface area contributed by atoms with Crippen molar-refractivity contribution in [3.63, 3.8) is 0 Å². The summed E-state index contributed by atoms with van der Waals surface area (Å²) >= 11 is 0. The van der Waals surface area contributed by atoms with Crippen molar-refractivity contribution in [2.45, 2.75) is 6.54 Å². The molecule has 78 valence electrons. The van der Waals surface area contributed by atoms with Crippen molar-refractivity contribution < 1.29 is 13.9 Å². The van der Waals surface area contributed by atoms with Crippen LogP contribution >= 0.6 is 0 Å². The first-order chi connectivity index (χ1) is 7.29. The van der Waals surface area contributed by atoms with Crippen molar-refractivity contribution in [3.05, 3.63) is 36.3 Å². The van der Waals surface area contributed by atoms with Gasteiger partial charge in [-0.1, -0.05) is 0 Å². The van der Waals surface area contributed by atoms with Gasteiger partial charge in [0.2, 0.25) is 5.76 Å². The van der Waals surface area contributed by atoms with Gasteiger partial charge in [0.1, 0.15) is 25.0 Å². The largest absolute Gasteiger partial charge is 0.463 e. The van der Waals surface area contributed by atoms with Crippen molar-refractivity contribution in [2.75, 3.05) is 7.11 Å². The molecular weight excluding hydrogens is 198 g/mol. The van der Waals surface area contributed by atoms with Crippen LogP contribution in [0.3, 0.4) is 0 Å². The van der Waals surface area contributed by atoms with E-state index >= 15 is 0 Å². The van der Waals surface area contributed by atoms with Gasteiger partial charge in [0, 0.05) is 0 Å². The van der Waals surface area contributed by atoms with Crippen LogP contribution in [0.15, 0.2) is 29.2 Å². The van der Waals surface area contributed by atoms with Crippen LogP contribution in [0.1, 0.15) is 16.3 Å². The number of aromatic nitrogens is 3. The van der Waals surface area contributed by atoms with Crippen LogP contribution in [0.2, 0.25) is 0 Å². The second kappa shape index (κ2) is 3.95. The highest BCUT2D eigenvalue weighted by Crippen LogP contribution is 2.09. The van der Waals surface area contributed by atoms with Crippen LogP contribution in [0.4, 0.5) is 0 Å². The van der Waals surface area contributed by atoms with E-state index in [-0.39, 0.29) is 5.76 Å². The summed E-state index contributed by atoms with van der Waals surface area (Å²) in [5, 5.41) is 3.92. The first kappa shape index (κ1) is 9.45. The molecule has 0 aliphatic rings. The molecule has 0 fully saturated rings. The molecule has 2 aromatic rings. The van der Waals surface area contributed by atoms with E-state index in [2.05, 4.69) is 14.8 Å². The van der Waals surface area contributed by atoms with E-state index in [0.29, 0.717) is 12.3 Å². The lowest BCUT2D eigenvalue weighted by molar-refractivity contribution is 0.0563. The molecule has 2 heterocycles. The minimum Gasteiger partial charge on any atom is -0.463 e. The van der Waals surface area contributed by atoms with Gasteiger partial charge in [-0.05, 0) is 12.1 Å². The third-order valence-corrected chi connectivity index (χ3v) is 1.83. The molecule has 0 spiro atoms. The SMILES string of the molecule is COC(=O)c1ccc(Cn2cncn2)o1. The van der Waals surface area contributed by atoms with E-state index in [4.69, 9.17) is 4.42 Å². The fourth-order valence-electron chi connectivity index (χ4n) is 1.15. The molecule has 2 rings (SSSR count). The highest BCUT2D eigenvalue weighted by Gasteiger charge is 2.11. The number of hydrogen-bond donors (Lipinski definition) is 0. The van der Waals surface area contributed by atoms with Crippen molar-refractivity contribution in [1.82, 2.24) is 14.8 Å². The lowest BCUT2D eigenvalue weighted by Crippen LogP contribution is -2.00. The van der Waals surface area contributed by atoms with Crippen molar-refractivity contribution in [1.29, 1.82) is 0 Å². The summed E-state index contributed by atoms with van der Waals surface area (Å²) in [6.45, 7) is 0.441. The van der Waals surface area contributed by atoms with Gasteiger partial charge in [0.05, 0.1) is 7.11 Å². The molecule has 0 radical (unpaired) electrons. The normalized spacial score (nSPS) is 10.2. The van der Waals surface area contributed by atoms with E-state index in [9.17, 15) is 4.79 Å². The number of esters is 1. The molecule has 2 aromatic heterocycles. The van der Waals surface area contributed by atoms with Crippen LogP contribution in [0.5, 0.6) is 0 Å². The molecule has 0 unspecified atom stereocenters. The predicted octanol–water partition coefficient (Wildman–Crippen LogP) is 0.706. The molecule has 0 bridgehead atoms. The molecule has 0 atom stereocenters. The number of carbonyl (C=O) groups is 1. The highest BCUT2D eigenvalue weighted by molar-refractivity contribution is 5.86. The molecule has 6 heteroatoms. The minimum atomic E-state index is -0.486.